The van der Waals surface area contributed by atoms with Crippen LogP contribution < -0.4 is 34.2 Å². The molecule has 0 atom stereocenters. The van der Waals surface area contributed by atoms with Gasteiger partial charge in [-0.1, -0.05) is 0 Å². The first-order chi connectivity index (χ1) is 3.81. The summed E-state index contributed by atoms with van der Waals surface area (Å²) in [5, 5.41) is 0. The van der Waals surface area contributed by atoms with Crippen LogP contribution in [0.15, 0.2) is 0 Å². The molecule has 2 amide bonds. The van der Waals surface area contributed by atoms with E-state index in [-0.39, 0.29) is 0 Å². The van der Waals surface area contributed by atoms with E-state index < -0.39 is 6.03 Å². The largest absolute Gasteiger partial charge is 0.343 e. The van der Waals surface area contributed by atoms with Crippen LogP contribution in [-0.4, -0.2) is 6.03 Å². The number of amides is 2. The number of urea groups is 1. The number of nitrogens with one attached hydrogen (secondary N) is 2. The fourth-order valence-corrected chi connectivity index (χ4v) is 0.0417. The first kappa shape index (κ1) is 10.2. The molecule has 0 aliphatic carbocycles. The van der Waals surface area contributed by atoms with Crippen molar-refractivity contribution in [2.45, 2.75) is 0 Å². The first-order valence-corrected chi connectivity index (χ1v) is 1.61. The Morgan fingerprint density at radius 2 is 1.38 bits per heavy atom. The predicted molar refractivity (Wildman–Crippen MR) is 28.4 cm³/mol. The number of nitrogens with two attached hydrogens (primary N) is 4. The van der Waals surface area contributed by atoms with Gasteiger partial charge in [0.1, 0.15) is 0 Å². The molecule has 0 aromatic heterocycles. The molecule has 0 spiro atoms. The van der Waals surface area contributed by atoms with Gasteiger partial charge in [-0.25, -0.2) is 16.5 Å². The van der Waals surface area contributed by atoms with Gasteiger partial charge in [-0.05, 0) is 0 Å². The Bertz CT molecular complexity index is 46.5. The Morgan fingerprint density at radius 3 is 1.38 bits per heavy atom. The second-order valence-electron chi connectivity index (χ2n) is 0.618. The number of hydrogen-bond acceptors (Lipinski definition) is 5. The molecule has 0 radical (unpaired) electrons. The zero-order chi connectivity index (χ0) is 6.99. The lowest BCUT2D eigenvalue weighted by molar-refractivity contribution is 0.241. The third kappa shape index (κ3) is 8.92. The zero-order valence-electron chi connectivity index (χ0n) is 4.22. The van der Waals surface area contributed by atoms with Gasteiger partial charge < -0.3 is 0 Å². The Morgan fingerprint density at radius 1 is 1.12 bits per heavy atom. The number of carbonyl (C=O) groups is 1. The summed E-state index contributed by atoms with van der Waals surface area (Å²) in [7, 11) is 0. The topological polar surface area (TPSA) is 145 Å². The molecule has 50 valence electrons. The maximum atomic E-state index is 9.71. The molecule has 0 aromatic rings. The molecule has 0 aliphatic rings. The lowest BCUT2D eigenvalue weighted by atomic mass is 11.1. The number of rotatable bonds is 0. The molecule has 0 heterocycles. The van der Waals surface area contributed by atoms with Crippen molar-refractivity contribution in [3.63, 3.8) is 0 Å². The molecule has 0 bridgehead atoms. The van der Waals surface area contributed by atoms with Crippen molar-refractivity contribution in [3.05, 3.63) is 0 Å². The van der Waals surface area contributed by atoms with Crippen LogP contribution in [0.2, 0.25) is 0 Å². The van der Waals surface area contributed by atoms with Gasteiger partial charge in [0.15, 0.2) is 0 Å². The summed E-state index contributed by atoms with van der Waals surface area (Å²) in [5.41, 5.74) is 3.48. The third-order valence-electron chi connectivity index (χ3n) is 0.262. The Hall–Kier alpha value is -0.890. The van der Waals surface area contributed by atoms with Crippen LogP contribution in [0, 0.1) is 0 Å². The quantitative estimate of drug-likeness (QED) is 0.114. The third-order valence-corrected chi connectivity index (χ3v) is 0.262. The monoisotopic (exact) mass is 122 g/mol. The van der Waals surface area contributed by atoms with Crippen molar-refractivity contribution >= 4 is 6.03 Å². The zero-order valence-corrected chi connectivity index (χ0v) is 4.22. The van der Waals surface area contributed by atoms with E-state index in [9.17, 15) is 4.79 Å². The van der Waals surface area contributed by atoms with Crippen LogP contribution >= 0.6 is 0 Å². The van der Waals surface area contributed by atoms with Crippen LogP contribution in [0.4, 0.5) is 4.79 Å². The Balaban J connectivity index is 0. The average Bonchev–Trinajstić information content (AvgIpc) is 1.91. The molecule has 0 aliphatic heterocycles. The van der Waals surface area contributed by atoms with Crippen molar-refractivity contribution in [1.29, 1.82) is 0 Å². The molecular weight excluding hydrogens is 112 g/mol. The van der Waals surface area contributed by atoms with Crippen LogP contribution in [0.25, 0.3) is 0 Å². The highest BCUT2D eigenvalue weighted by Gasteiger charge is 1.82. The number of hydrazine groups is 3. The van der Waals surface area contributed by atoms with Gasteiger partial charge in [0, 0.05) is 0 Å². The molecule has 8 heavy (non-hydrogen) atoms. The number of carbonyl (C=O) groups excluding carboxylic acids is 1. The summed E-state index contributed by atoms with van der Waals surface area (Å²) in [4.78, 5) is 9.71. The molecule has 7 nitrogen and oxygen atoms in total. The minimum Gasteiger partial charge on any atom is -0.275 e. The fourth-order valence-electron chi connectivity index (χ4n) is 0.0417. The maximum Gasteiger partial charge on any atom is 0.343 e. The summed E-state index contributed by atoms with van der Waals surface area (Å²) in [5.74, 6) is 17.1. The van der Waals surface area contributed by atoms with Crippen LogP contribution in [0.1, 0.15) is 0 Å². The van der Waals surface area contributed by atoms with Gasteiger partial charge in [-0.15, -0.1) is 0 Å². The molecular formula is CH10N6O. The second-order valence-corrected chi connectivity index (χ2v) is 0.618. The van der Waals surface area contributed by atoms with Crippen LogP contribution in [0.5, 0.6) is 0 Å². The van der Waals surface area contributed by atoms with Crippen molar-refractivity contribution < 1.29 is 4.79 Å². The molecule has 10 N–H and O–H groups in total. The van der Waals surface area contributed by atoms with E-state index in [1.807, 2.05) is 0 Å². The molecule has 0 fully saturated rings. The summed E-state index contributed by atoms with van der Waals surface area (Å²) in [6, 6.07) is -0.602. The van der Waals surface area contributed by atoms with E-state index in [2.05, 4.69) is 23.4 Å². The van der Waals surface area contributed by atoms with Gasteiger partial charge in [-0.3, -0.25) is 22.5 Å². The standard InChI is InChI=1S/CH6N4O.H4N2/c2-4-1(6)5-3;1-2/h2-3H2,(H2,4,5,6);1-2H2. The fraction of sp³-hybridized carbons (Fsp3) is 0. The summed E-state index contributed by atoms with van der Waals surface area (Å²) >= 11 is 0. The van der Waals surface area contributed by atoms with Crippen molar-refractivity contribution in [2.75, 3.05) is 0 Å². The normalized spacial score (nSPS) is 6.00. The van der Waals surface area contributed by atoms with Crippen LogP contribution in [-0.2, 0) is 0 Å². The van der Waals surface area contributed by atoms with E-state index in [4.69, 9.17) is 0 Å². The van der Waals surface area contributed by atoms with Crippen molar-refractivity contribution in [3.8, 4) is 0 Å². The summed E-state index contributed by atoms with van der Waals surface area (Å²) < 4.78 is 0. The van der Waals surface area contributed by atoms with Crippen LogP contribution in [0.3, 0.4) is 0 Å². The van der Waals surface area contributed by atoms with E-state index in [1.165, 1.54) is 0 Å². The molecule has 0 saturated carbocycles. The number of hydrogen-bond donors (Lipinski definition) is 6. The van der Waals surface area contributed by atoms with Gasteiger partial charge in [0.25, 0.3) is 0 Å². The molecule has 7 heteroatoms. The lowest BCUT2D eigenvalue weighted by Crippen LogP contribution is -2.43. The van der Waals surface area contributed by atoms with E-state index in [1.54, 1.807) is 10.9 Å². The minimum atomic E-state index is -0.602. The minimum absolute atomic E-state index is 0.602. The van der Waals surface area contributed by atoms with Gasteiger partial charge >= 0.3 is 6.03 Å². The molecule has 0 aromatic carbocycles. The van der Waals surface area contributed by atoms with E-state index in [0.29, 0.717) is 0 Å². The lowest BCUT2D eigenvalue weighted by Gasteiger charge is -1.90. The summed E-state index contributed by atoms with van der Waals surface area (Å²) in [6.07, 6.45) is 0. The van der Waals surface area contributed by atoms with Gasteiger partial charge in [0.2, 0.25) is 0 Å². The van der Waals surface area contributed by atoms with E-state index in [0.717, 1.165) is 0 Å². The highest BCUT2D eigenvalue weighted by atomic mass is 16.2. The van der Waals surface area contributed by atoms with Crippen molar-refractivity contribution in [2.24, 2.45) is 23.4 Å². The summed E-state index contributed by atoms with van der Waals surface area (Å²) in [6.45, 7) is 0. The Labute approximate surface area is 46.3 Å². The first-order valence-electron chi connectivity index (χ1n) is 1.61. The Kier molecular flexibility index (Phi) is 12.0. The maximum absolute atomic E-state index is 9.71. The van der Waals surface area contributed by atoms with Crippen molar-refractivity contribution in [1.82, 2.24) is 10.9 Å². The van der Waals surface area contributed by atoms with E-state index >= 15 is 0 Å². The predicted octanol–water partition coefficient (Wildman–Crippen LogP) is -3.15. The highest BCUT2D eigenvalue weighted by molar-refractivity contribution is 5.72. The second kappa shape index (κ2) is 9.44. The molecule has 0 saturated heterocycles. The smallest absolute Gasteiger partial charge is 0.275 e. The average molecular weight is 122 g/mol. The van der Waals surface area contributed by atoms with Gasteiger partial charge in [0.05, 0.1) is 0 Å². The van der Waals surface area contributed by atoms with Gasteiger partial charge in [-0.2, -0.15) is 0 Å². The molecule has 0 unspecified atom stereocenters. The SMILES string of the molecule is NN.NNC(=O)NN. The highest BCUT2D eigenvalue weighted by Crippen LogP contribution is 1.42. The molecule has 0 rings (SSSR count).